The summed E-state index contributed by atoms with van der Waals surface area (Å²) < 4.78 is 4.96. The van der Waals surface area contributed by atoms with Gasteiger partial charge in [0, 0.05) is 0 Å². The van der Waals surface area contributed by atoms with Crippen molar-refractivity contribution in [2.75, 3.05) is 18.9 Å². The zero-order valence-electron chi connectivity index (χ0n) is 5.37. The van der Waals surface area contributed by atoms with Gasteiger partial charge in [-0.25, -0.2) is 0 Å². The molecule has 0 unspecified atom stereocenters. The van der Waals surface area contributed by atoms with E-state index in [1.807, 2.05) is 0 Å². The number of anilines is 1. The Morgan fingerprint density at radius 1 is 1.80 bits per heavy atom. The van der Waals surface area contributed by atoms with Gasteiger partial charge in [-0.1, -0.05) is 0 Å². The Labute approximate surface area is 57.8 Å². The molecule has 1 aromatic heterocycles. The molecule has 0 aliphatic heterocycles. The summed E-state index contributed by atoms with van der Waals surface area (Å²) in [4.78, 5) is 0. The first-order chi connectivity index (χ1) is 4.84. The summed E-state index contributed by atoms with van der Waals surface area (Å²) in [7, 11) is 0. The van der Waals surface area contributed by atoms with Crippen molar-refractivity contribution in [3.8, 4) is 5.75 Å². The molecule has 0 saturated carbocycles. The van der Waals surface area contributed by atoms with Gasteiger partial charge in [-0.2, -0.15) is 5.10 Å². The second-order valence-electron chi connectivity index (χ2n) is 1.72. The van der Waals surface area contributed by atoms with Crippen LogP contribution in [0.3, 0.4) is 0 Å². The maximum absolute atomic E-state index is 8.36. The van der Waals surface area contributed by atoms with Crippen LogP contribution in [0.4, 0.5) is 5.82 Å². The molecule has 0 aliphatic rings. The third-order valence-electron chi connectivity index (χ3n) is 0.981. The van der Waals surface area contributed by atoms with Crippen LogP contribution in [0.25, 0.3) is 0 Å². The molecule has 1 aromatic rings. The summed E-state index contributed by atoms with van der Waals surface area (Å²) in [6.07, 6.45) is 1.46. The number of nitrogens with zero attached hydrogens (tertiary/aromatic N) is 1. The van der Waals surface area contributed by atoms with Gasteiger partial charge in [0.15, 0.2) is 11.6 Å². The Bertz CT molecular complexity index is 199. The van der Waals surface area contributed by atoms with Gasteiger partial charge in [0.25, 0.3) is 0 Å². The lowest BCUT2D eigenvalue weighted by atomic mass is 10.6. The van der Waals surface area contributed by atoms with Gasteiger partial charge in [0.1, 0.15) is 6.61 Å². The number of H-pyrrole nitrogens is 1. The number of hydrogen-bond acceptors (Lipinski definition) is 4. The fourth-order valence-electron chi connectivity index (χ4n) is 0.556. The van der Waals surface area contributed by atoms with Crippen LogP contribution in [-0.4, -0.2) is 28.5 Å². The number of aliphatic hydroxyl groups excluding tert-OH is 1. The normalized spacial score (nSPS) is 9.70. The van der Waals surface area contributed by atoms with Crippen LogP contribution in [0, 0.1) is 0 Å². The van der Waals surface area contributed by atoms with Crippen LogP contribution < -0.4 is 10.5 Å². The molecule has 1 rings (SSSR count). The Morgan fingerprint density at radius 3 is 3.10 bits per heavy atom. The van der Waals surface area contributed by atoms with E-state index in [9.17, 15) is 0 Å². The van der Waals surface area contributed by atoms with Crippen molar-refractivity contribution in [2.24, 2.45) is 0 Å². The lowest BCUT2D eigenvalue weighted by Gasteiger charge is -1.99. The predicted molar refractivity (Wildman–Crippen MR) is 35.6 cm³/mol. The van der Waals surface area contributed by atoms with Crippen LogP contribution in [0.1, 0.15) is 0 Å². The molecule has 56 valence electrons. The first-order valence-electron chi connectivity index (χ1n) is 2.87. The number of aromatic nitrogens is 2. The van der Waals surface area contributed by atoms with Crippen LogP contribution in [0.15, 0.2) is 6.20 Å². The molecule has 1 heterocycles. The van der Waals surface area contributed by atoms with Gasteiger partial charge in [0.2, 0.25) is 0 Å². The minimum absolute atomic E-state index is 0.0232. The summed E-state index contributed by atoms with van der Waals surface area (Å²) in [6, 6.07) is 0. The summed E-state index contributed by atoms with van der Waals surface area (Å²) in [5, 5.41) is 14.5. The van der Waals surface area contributed by atoms with Crippen molar-refractivity contribution in [2.45, 2.75) is 0 Å². The van der Waals surface area contributed by atoms with E-state index < -0.39 is 0 Å². The Balaban J connectivity index is 2.49. The standard InChI is InChI=1S/C5H9N3O2/c6-5-4(3-7-8-5)10-2-1-9/h3,9H,1-2H2,(H3,6,7,8). The zero-order valence-corrected chi connectivity index (χ0v) is 5.37. The van der Waals surface area contributed by atoms with Crippen LogP contribution in [0.5, 0.6) is 5.75 Å². The van der Waals surface area contributed by atoms with E-state index in [1.54, 1.807) is 0 Å². The van der Waals surface area contributed by atoms with Gasteiger partial charge < -0.3 is 15.6 Å². The highest BCUT2D eigenvalue weighted by Crippen LogP contribution is 2.15. The molecule has 5 nitrogen and oxygen atoms in total. The number of aromatic amines is 1. The number of aliphatic hydroxyl groups is 1. The third-order valence-corrected chi connectivity index (χ3v) is 0.981. The molecule has 0 aromatic carbocycles. The second-order valence-corrected chi connectivity index (χ2v) is 1.72. The predicted octanol–water partition coefficient (Wildman–Crippen LogP) is -0.637. The summed E-state index contributed by atoms with van der Waals surface area (Å²) in [5.41, 5.74) is 5.36. The number of nitrogen functional groups attached to an aromatic ring is 1. The van der Waals surface area contributed by atoms with Crippen LogP contribution in [0.2, 0.25) is 0 Å². The largest absolute Gasteiger partial charge is 0.486 e. The van der Waals surface area contributed by atoms with E-state index in [-0.39, 0.29) is 13.2 Å². The fourth-order valence-corrected chi connectivity index (χ4v) is 0.556. The Morgan fingerprint density at radius 2 is 2.60 bits per heavy atom. The minimum Gasteiger partial charge on any atom is -0.486 e. The van der Waals surface area contributed by atoms with Gasteiger partial charge in [-0.3, -0.25) is 5.10 Å². The van der Waals surface area contributed by atoms with Gasteiger partial charge in [0.05, 0.1) is 12.8 Å². The molecule has 0 aliphatic carbocycles. The first kappa shape index (κ1) is 6.88. The number of rotatable bonds is 3. The molecule has 0 amide bonds. The van der Waals surface area contributed by atoms with Crippen molar-refractivity contribution in [1.29, 1.82) is 0 Å². The molecule has 0 saturated heterocycles. The third kappa shape index (κ3) is 1.38. The van der Waals surface area contributed by atoms with Crippen molar-refractivity contribution in [1.82, 2.24) is 10.2 Å². The highest BCUT2D eigenvalue weighted by molar-refractivity contribution is 5.43. The molecule has 0 atom stereocenters. The maximum atomic E-state index is 8.36. The average molecular weight is 143 g/mol. The summed E-state index contributed by atoms with van der Waals surface area (Å²) in [6.45, 7) is 0.217. The van der Waals surface area contributed by atoms with E-state index in [0.29, 0.717) is 11.6 Å². The van der Waals surface area contributed by atoms with Gasteiger partial charge in [-0.05, 0) is 0 Å². The molecule has 0 spiro atoms. The molecular formula is C5H9N3O2. The fraction of sp³-hybridized carbons (Fsp3) is 0.400. The quantitative estimate of drug-likeness (QED) is 0.525. The number of hydrogen-bond donors (Lipinski definition) is 3. The van der Waals surface area contributed by atoms with Crippen molar-refractivity contribution >= 4 is 5.82 Å². The number of nitrogens with two attached hydrogens (primary N) is 1. The molecule has 10 heavy (non-hydrogen) atoms. The molecule has 0 bridgehead atoms. The van der Waals surface area contributed by atoms with E-state index in [1.165, 1.54) is 6.20 Å². The molecule has 0 radical (unpaired) electrons. The van der Waals surface area contributed by atoms with E-state index in [2.05, 4.69) is 10.2 Å². The Kier molecular flexibility index (Phi) is 2.11. The lowest BCUT2D eigenvalue weighted by Crippen LogP contribution is -2.02. The van der Waals surface area contributed by atoms with Crippen LogP contribution >= 0.6 is 0 Å². The number of ether oxygens (including phenoxy) is 1. The molecular weight excluding hydrogens is 134 g/mol. The van der Waals surface area contributed by atoms with Gasteiger partial charge >= 0.3 is 0 Å². The highest BCUT2D eigenvalue weighted by atomic mass is 16.5. The Hall–Kier alpha value is -1.23. The summed E-state index contributed by atoms with van der Waals surface area (Å²) >= 11 is 0. The van der Waals surface area contributed by atoms with E-state index in [4.69, 9.17) is 15.6 Å². The topological polar surface area (TPSA) is 84.2 Å². The number of nitrogens with one attached hydrogen (secondary N) is 1. The van der Waals surface area contributed by atoms with Crippen molar-refractivity contribution in [3.05, 3.63) is 6.20 Å². The average Bonchev–Trinajstić information content (AvgIpc) is 2.31. The molecule has 4 N–H and O–H groups in total. The molecule has 0 fully saturated rings. The van der Waals surface area contributed by atoms with E-state index >= 15 is 0 Å². The monoisotopic (exact) mass is 143 g/mol. The van der Waals surface area contributed by atoms with Crippen LogP contribution in [-0.2, 0) is 0 Å². The maximum Gasteiger partial charge on any atom is 0.180 e. The summed E-state index contributed by atoms with van der Waals surface area (Å²) in [5.74, 6) is 0.863. The smallest absolute Gasteiger partial charge is 0.180 e. The second kappa shape index (κ2) is 3.07. The lowest BCUT2D eigenvalue weighted by molar-refractivity contribution is 0.202. The SMILES string of the molecule is Nc1[nH]ncc1OCCO. The highest BCUT2D eigenvalue weighted by Gasteiger charge is 1.99. The van der Waals surface area contributed by atoms with Crippen molar-refractivity contribution in [3.63, 3.8) is 0 Å². The van der Waals surface area contributed by atoms with Crippen molar-refractivity contribution < 1.29 is 9.84 Å². The van der Waals surface area contributed by atoms with E-state index in [0.717, 1.165) is 0 Å². The zero-order chi connectivity index (χ0) is 7.40. The minimum atomic E-state index is -0.0232. The van der Waals surface area contributed by atoms with Gasteiger partial charge in [-0.15, -0.1) is 0 Å². The molecule has 5 heteroatoms. The first-order valence-corrected chi connectivity index (χ1v) is 2.87.